The Morgan fingerprint density at radius 2 is 2.15 bits per heavy atom. The smallest absolute Gasteiger partial charge is 0.142 e. The Morgan fingerprint density at radius 1 is 1.35 bits per heavy atom. The van der Waals surface area contributed by atoms with Crippen LogP contribution in [0.1, 0.15) is 31.4 Å². The van der Waals surface area contributed by atoms with Crippen molar-refractivity contribution in [3.05, 3.63) is 24.0 Å². The summed E-state index contributed by atoms with van der Waals surface area (Å²) in [6, 6.07) is 6.49. The molecule has 102 valence electrons. The van der Waals surface area contributed by atoms with Crippen molar-refractivity contribution in [1.29, 1.82) is 5.26 Å². The van der Waals surface area contributed by atoms with Gasteiger partial charge in [0.15, 0.2) is 0 Å². The molecule has 0 spiro atoms. The average Bonchev–Trinajstić information content (AvgIpc) is 2.99. The summed E-state index contributed by atoms with van der Waals surface area (Å²) in [5.74, 6) is 0.909. The van der Waals surface area contributed by atoms with Gasteiger partial charge in [-0.25, -0.2) is 9.97 Å². The number of hydrogen-bond donors (Lipinski definition) is 1. The molecular formula is C15H16N4S. The summed E-state index contributed by atoms with van der Waals surface area (Å²) in [4.78, 5) is 8.82. The van der Waals surface area contributed by atoms with Crippen molar-refractivity contribution >= 4 is 28.4 Å². The molecule has 1 aliphatic rings. The number of aromatic nitrogens is 2. The molecule has 0 radical (unpaired) electrons. The van der Waals surface area contributed by atoms with E-state index in [9.17, 15) is 0 Å². The zero-order valence-electron chi connectivity index (χ0n) is 11.4. The Bertz CT molecular complexity index is 671. The first-order valence-corrected chi connectivity index (χ1v) is 8.04. The van der Waals surface area contributed by atoms with Crippen LogP contribution in [0.15, 0.2) is 23.4 Å². The van der Waals surface area contributed by atoms with Gasteiger partial charge in [0, 0.05) is 23.0 Å². The lowest BCUT2D eigenvalue weighted by molar-refractivity contribution is 0.751. The largest absolute Gasteiger partial charge is 0.367 e. The summed E-state index contributed by atoms with van der Waals surface area (Å²) >= 11 is 1.56. The predicted molar refractivity (Wildman–Crippen MR) is 81.9 cm³/mol. The van der Waals surface area contributed by atoms with Gasteiger partial charge in [-0.15, -0.1) is 11.8 Å². The second kappa shape index (κ2) is 5.68. The summed E-state index contributed by atoms with van der Waals surface area (Å²) in [6.07, 6.45) is 8.85. The summed E-state index contributed by atoms with van der Waals surface area (Å²) in [7, 11) is 0. The van der Waals surface area contributed by atoms with E-state index in [0.717, 1.165) is 21.6 Å². The monoisotopic (exact) mass is 284 g/mol. The standard InChI is InChI=1S/C15H16N4S/c1-20-15-13-7-14(18-11-4-2-3-5-11)17-9-10(13)6-12(8-16)19-15/h6-7,9,11H,2-5H2,1H3,(H,17,18). The van der Waals surface area contributed by atoms with Crippen molar-refractivity contribution in [2.45, 2.75) is 36.8 Å². The molecule has 1 N–H and O–H groups in total. The second-order valence-electron chi connectivity index (χ2n) is 5.04. The first kappa shape index (κ1) is 13.2. The summed E-state index contributed by atoms with van der Waals surface area (Å²) < 4.78 is 0. The quantitative estimate of drug-likeness (QED) is 0.873. The molecule has 2 aromatic heterocycles. The Balaban J connectivity index is 1.99. The highest BCUT2D eigenvalue weighted by Crippen LogP contribution is 2.28. The van der Waals surface area contributed by atoms with Gasteiger partial charge in [0.25, 0.3) is 0 Å². The van der Waals surface area contributed by atoms with E-state index in [2.05, 4.69) is 21.4 Å². The highest BCUT2D eigenvalue weighted by molar-refractivity contribution is 7.98. The van der Waals surface area contributed by atoms with Gasteiger partial charge < -0.3 is 5.32 Å². The van der Waals surface area contributed by atoms with Gasteiger partial charge in [-0.3, -0.25) is 0 Å². The van der Waals surface area contributed by atoms with Crippen LogP contribution < -0.4 is 5.32 Å². The van der Waals surface area contributed by atoms with E-state index in [1.165, 1.54) is 25.7 Å². The van der Waals surface area contributed by atoms with Crippen LogP contribution in [-0.4, -0.2) is 22.3 Å². The van der Waals surface area contributed by atoms with E-state index >= 15 is 0 Å². The first-order chi connectivity index (χ1) is 9.80. The maximum absolute atomic E-state index is 9.01. The maximum atomic E-state index is 9.01. The number of nitrogens with one attached hydrogen (secondary N) is 1. The van der Waals surface area contributed by atoms with Crippen LogP contribution in [-0.2, 0) is 0 Å². The van der Waals surface area contributed by atoms with Gasteiger partial charge in [0.05, 0.1) is 0 Å². The summed E-state index contributed by atoms with van der Waals surface area (Å²) in [5.41, 5.74) is 0.445. The second-order valence-corrected chi connectivity index (χ2v) is 5.84. The molecule has 5 heteroatoms. The van der Waals surface area contributed by atoms with Crippen molar-refractivity contribution in [3.8, 4) is 6.07 Å². The number of rotatable bonds is 3. The van der Waals surface area contributed by atoms with E-state index in [1.807, 2.05) is 18.5 Å². The molecule has 20 heavy (non-hydrogen) atoms. The highest BCUT2D eigenvalue weighted by atomic mass is 32.2. The topological polar surface area (TPSA) is 61.6 Å². The first-order valence-electron chi connectivity index (χ1n) is 6.81. The lowest BCUT2D eigenvalue weighted by Gasteiger charge is -2.13. The Morgan fingerprint density at radius 3 is 2.85 bits per heavy atom. The molecular weight excluding hydrogens is 268 g/mol. The molecule has 4 nitrogen and oxygen atoms in total. The fraction of sp³-hybridized carbons (Fsp3) is 0.400. The predicted octanol–water partition coefficient (Wildman–Crippen LogP) is 3.58. The minimum Gasteiger partial charge on any atom is -0.367 e. The van der Waals surface area contributed by atoms with Crippen molar-refractivity contribution in [2.24, 2.45) is 0 Å². The number of pyridine rings is 2. The normalized spacial score (nSPS) is 15.4. The minimum absolute atomic E-state index is 0.445. The Kier molecular flexibility index (Phi) is 3.75. The zero-order chi connectivity index (χ0) is 13.9. The van der Waals surface area contributed by atoms with Crippen LogP contribution in [0.3, 0.4) is 0 Å². The molecule has 1 fully saturated rings. The SMILES string of the molecule is CSc1nc(C#N)cc2cnc(NC3CCCC3)cc12. The third-order valence-electron chi connectivity index (χ3n) is 3.69. The number of hydrogen-bond acceptors (Lipinski definition) is 5. The highest BCUT2D eigenvalue weighted by Gasteiger charge is 2.15. The Hall–Kier alpha value is -1.80. The van der Waals surface area contributed by atoms with Crippen LogP contribution in [0.25, 0.3) is 10.8 Å². The van der Waals surface area contributed by atoms with Gasteiger partial charge in [-0.2, -0.15) is 5.26 Å². The third kappa shape index (κ3) is 2.56. The van der Waals surface area contributed by atoms with Crippen LogP contribution in [0.5, 0.6) is 0 Å². The molecule has 0 amide bonds. The van der Waals surface area contributed by atoms with E-state index in [1.54, 1.807) is 17.8 Å². The molecule has 0 bridgehead atoms. The zero-order valence-corrected chi connectivity index (χ0v) is 12.2. The van der Waals surface area contributed by atoms with Crippen molar-refractivity contribution in [3.63, 3.8) is 0 Å². The number of thioether (sulfide) groups is 1. The molecule has 2 heterocycles. The Labute approximate surface area is 122 Å². The van der Waals surface area contributed by atoms with Gasteiger partial charge in [-0.1, -0.05) is 12.8 Å². The van der Waals surface area contributed by atoms with E-state index in [4.69, 9.17) is 5.26 Å². The minimum atomic E-state index is 0.445. The van der Waals surface area contributed by atoms with Crippen molar-refractivity contribution < 1.29 is 0 Å². The third-order valence-corrected chi connectivity index (χ3v) is 4.39. The van der Waals surface area contributed by atoms with Gasteiger partial charge in [-0.05, 0) is 31.2 Å². The van der Waals surface area contributed by atoms with Crippen LogP contribution in [0, 0.1) is 11.3 Å². The molecule has 0 atom stereocenters. The molecule has 0 aliphatic heterocycles. The molecule has 0 unspecified atom stereocenters. The number of anilines is 1. The van der Waals surface area contributed by atoms with Crippen LogP contribution in [0.2, 0.25) is 0 Å². The molecule has 0 aromatic carbocycles. The van der Waals surface area contributed by atoms with E-state index in [0.29, 0.717) is 11.7 Å². The average molecular weight is 284 g/mol. The fourth-order valence-electron chi connectivity index (χ4n) is 2.69. The van der Waals surface area contributed by atoms with E-state index < -0.39 is 0 Å². The number of nitrogens with zero attached hydrogens (tertiary/aromatic N) is 3. The summed E-state index contributed by atoms with van der Waals surface area (Å²) in [5, 5.41) is 15.4. The molecule has 1 saturated carbocycles. The molecule has 1 aliphatic carbocycles. The number of fused-ring (bicyclic) bond motifs is 1. The van der Waals surface area contributed by atoms with Crippen molar-refractivity contribution in [2.75, 3.05) is 11.6 Å². The van der Waals surface area contributed by atoms with Gasteiger partial charge in [0.1, 0.15) is 22.6 Å². The van der Waals surface area contributed by atoms with Gasteiger partial charge in [0.2, 0.25) is 0 Å². The maximum Gasteiger partial charge on any atom is 0.142 e. The lowest BCUT2D eigenvalue weighted by atomic mass is 10.2. The van der Waals surface area contributed by atoms with E-state index in [-0.39, 0.29) is 0 Å². The molecule has 0 saturated heterocycles. The van der Waals surface area contributed by atoms with Crippen LogP contribution in [0.4, 0.5) is 5.82 Å². The molecule has 3 rings (SSSR count). The lowest BCUT2D eigenvalue weighted by Crippen LogP contribution is -2.15. The number of nitriles is 1. The summed E-state index contributed by atoms with van der Waals surface area (Å²) in [6.45, 7) is 0. The van der Waals surface area contributed by atoms with Gasteiger partial charge >= 0.3 is 0 Å². The molecule has 2 aromatic rings. The van der Waals surface area contributed by atoms with Crippen molar-refractivity contribution in [1.82, 2.24) is 9.97 Å². The van der Waals surface area contributed by atoms with Crippen LogP contribution >= 0.6 is 11.8 Å². The fourth-order valence-corrected chi connectivity index (χ4v) is 3.27.